The van der Waals surface area contributed by atoms with E-state index in [0.29, 0.717) is 23.8 Å². The van der Waals surface area contributed by atoms with E-state index in [1.165, 1.54) is 17.0 Å². The van der Waals surface area contributed by atoms with Gasteiger partial charge < -0.3 is 19.7 Å². The molecule has 0 aromatic heterocycles. The van der Waals surface area contributed by atoms with Crippen LogP contribution in [0.3, 0.4) is 0 Å². The van der Waals surface area contributed by atoms with Gasteiger partial charge in [-0.05, 0) is 88.2 Å². The molecule has 0 saturated carbocycles. The van der Waals surface area contributed by atoms with E-state index in [1.54, 1.807) is 62.6 Å². The molecule has 0 heterocycles. The van der Waals surface area contributed by atoms with E-state index < -0.39 is 28.5 Å². The van der Waals surface area contributed by atoms with Gasteiger partial charge in [-0.25, -0.2) is 8.42 Å². The summed E-state index contributed by atoms with van der Waals surface area (Å²) in [5.41, 5.74) is 2.05. The minimum atomic E-state index is -4.16. The molecule has 0 aliphatic heterocycles. The Morgan fingerprint density at radius 1 is 0.881 bits per heavy atom. The molecule has 3 aromatic carbocycles. The molecule has 0 saturated heterocycles. The maximum Gasteiger partial charge on any atom is 0.264 e. The normalized spacial score (nSPS) is 12.6. The predicted octanol–water partition coefficient (Wildman–Crippen LogP) is 4.93. The first-order chi connectivity index (χ1) is 20.0. The van der Waals surface area contributed by atoms with Crippen molar-refractivity contribution in [2.75, 3.05) is 24.6 Å². The molecule has 0 spiro atoms. The molecular weight excluding hydrogens is 554 g/mol. The fourth-order valence-electron chi connectivity index (χ4n) is 4.22. The van der Waals surface area contributed by atoms with Crippen LogP contribution < -0.4 is 19.1 Å². The summed E-state index contributed by atoms with van der Waals surface area (Å²) in [6.45, 7) is 9.28. The van der Waals surface area contributed by atoms with Crippen LogP contribution in [0.5, 0.6) is 11.5 Å². The number of carbonyl (C=O) groups excluding carboxylic acids is 2. The van der Waals surface area contributed by atoms with Crippen LogP contribution in [-0.4, -0.2) is 57.5 Å². The number of sulfonamides is 1. The van der Waals surface area contributed by atoms with Gasteiger partial charge in [-0.3, -0.25) is 13.9 Å². The summed E-state index contributed by atoms with van der Waals surface area (Å²) in [6, 6.07) is 19.2. The van der Waals surface area contributed by atoms with Crippen molar-refractivity contribution in [1.29, 1.82) is 0 Å². The Morgan fingerprint density at radius 3 is 2.02 bits per heavy atom. The molecule has 0 radical (unpaired) electrons. The van der Waals surface area contributed by atoms with Crippen molar-refractivity contribution in [2.24, 2.45) is 0 Å². The molecule has 0 fully saturated rings. The summed E-state index contributed by atoms with van der Waals surface area (Å²) >= 11 is 0. The molecule has 2 atom stereocenters. The van der Waals surface area contributed by atoms with E-state index in [2.05, 4.69) is 5.32 Å². The fraction of sp³-hybridized carbons (Fsp3) is 0.375. The van der Waals surface area contributed by atoms with Crippen LogP contribution in [0, 0.1) is 6.92 Å². The Kier molecular flexibility index (Phi) is 11.4. The maximum absolute atomic E-state index is 14.0. The molecule has 226 valence electrons. The molecule has 1 N–H and O–H groups in total. The first-order valence-electron chi connectivity index (χ1n) is 14.0. The Morgan fingerprint density at radius 2 is 1.48 bits per heavy atom. The number of nitrogens with one attached hydrogen (secondary N) is 1. The largest absolute Gasteiger partial charge is 0.497 e. The van der Waals surface area contributed by atoms with Crippen LogP contribution in [0.4, 0.5) is 5.69 Å². The van der Waals surface area contributed by atoms with E-state index in [9.17, 15) is 18.0 Å². The van der Waals surface area contributed by atoms with E-state index in [4.69, 9.17) is 9.47 Å². The van der Waals surface area contributed by atoms with Crippen molar-refractivity contribution in [2.45, 2.75) is 64.6 Å². The topological polar surface area (TPSA) is 105 Å². The van der Waals surface area contributed by atoms with Gasteiger partial charge in [-0.2, -0.15) is 0 Å². The summed E-state index contributed by atoms with van der Waals surface area (Å²) in [5, 5.41) is 2.94. The van der Waals surface area contributed by atoms with Crippen LogP contribution >= 0.6 is 0 Å². The predicted molar refractivity (Wildman–Crippen MR) is 164 cm³/mol. The highest BCUT2D eigenvalue weighted by Gasteiger charge is 2.32. The molecule has 3 aromatic rings. The number of hydrogen-bond acceptors (Lipinski definition) is 6. The number of benzene rings is 3. The summed E-state index contributed by atoms with van der Waals surface area (Å²) in [6.07, 6.45) is 0.729. The summed E-state index contributed by atoms with van der Waals surface area (Å²) < 4.78 is 39.8. The number of nitrogens with zero attached hydrogens (tertiary/aromatic N) is 2. The van der Waals surface area contributed by atoms with Gasteiger partial charge >= 0.3 is 0 Å². The van der Waals surface area contributed by atoms with E-state index in [0.717, 1.165) is 21.9 Å². The van der Waals surface area contributed by atoms with Crippen LogP contribution in [0.1, 0.15) is 45.2 Å². The third-order valence-electron chi connectivity index (χ3n) is 7.00. The lowest BCUT2D eigenvalue weighted by atomic mass is 10.1. The van der Waals surface area contributed by atoms with Crippen LogP contribution in [-0.2, 0) is 26.2 Å². The van der Waals surface area contributed by atoms with Crippen LogP contribution in [0.25, 0.3) is 0 Å². The van der Waals surface area contributed by atoms with Crippen LogP contribution in [0.2, 0.25) is 0 Å². The van der Waals surface area contributed by atoms with E-state index in [-0.39, 0.29) is 23.4 Å². The molecular formula is C32H41N3O6S. The van der Waals surface area contributed by atoms with Crippen molar-refractivity contribution in [1.82, 2.24) is 10.2 Å². The number of methoxy groups -OCH3 is 1. The van der Waals surface area contributed by atoms with Crippen molar-refractivity contribution < 1.29 is 27.5 Å². The number of hydrogen-bond donors (Lipinski definition) is 1. The molecule has 10 heteroatoms. The van der Waals surface area contributed by atoms with Gasteiger partial charge in [0, 0.05) is 12.6 Å². The highest BCUT2D eigenvalue weighted by atomic mass is 32.2. The third kappa shape index (κ3) is 8.25. The standard InChI is InChI=1S/C32H41N3O6S/c1-7-24(4)33-32(37)25(5)34(21-26-11-15-28(40-6)16-12-26)31(36)22-35(27-13-9-23(3)10-14-27)42(38,39)30-19-17-29(18-20-30)41-8-2/h9-20,24-25H,7-8,21-22H2,1-6H3,(H,33,37)/t24-,25+/m1/s1. The van der Waals surface area contributed by atoms with Gasteiger partial charge in [0.05, 0.1) is 24.3 Å². The first kappa shape index (κ1) is 32.5. The molecule has 0 aliphatic carbocycles. The second-order valence-electron chi connectivity index (χ2n) is 10.1. The van der Waals surface area contributed by atoms with Crippen molar-refractivity contribution >= 4 is 27.5 Å². The van der Waals surface area contributed by atoms with Gasteiger partial charge in [0.25, 0.3) is 10.0 Å². The third-order valence-corrected chi connectivity index (χ3v) is 8.79. The van der Waals surface area contributed by atoms with Gasteiger partial charge in [0.2, 0.25) is 11.8 Å². The Bertz CT molecular complexity index is 1420. The number of amides is 2. The smallest absolute Gasteiger partial charge is 0.264 e. The van der Waals surface area contributed by atoms with Crippen molar-refractivity contribution in [3.8, 4) is 11.5 Å². The number of aryl methyl sites for hydroxylation is 1. The molecule has 0 bridgehead atoms. The molecule has 42 heavy (non-hydrogen) atoms. The average Bonchev–Trinajstić information content (AvgIpc) is 2.99. The lowest BCUT2D eigenvalue weighted by molar-refractivity contribution is -0.139. The zero-order chi connectivity index (χ0) is 30.9. The fourth-order valence-corrected chi connectivity index (χ4v) is 5.63. The summed E-state index contributed by atoms with van der Waals surface area (Å²) in [5.74, 6) is 0.364. The molecule has 2 amide bonds. The van der Waals surface area contributed by atoms with Crippen molar-refractivity contribution in [3.05, 3.63) is 83.9 Å². The van der Waals surface area contributed by atoms with E-state index in [1.807, 2.05) is 39.8 Å². The van der Waals surface area contributed by atoms with Gasteiger partial charge in [-0.1, -0.05) is 36.8 Å². The number of anilines is 1. The lowest BCUT2D eigenvalue weighted by Crippen LogP contribution is -2.52. The van der Waals surface area contributed by atoms with Crippen molar-refractivity contribution in [3.63, 3.8) is 0 Å². The summed E-state index contributed by atoms with van der Waals surface area (Å²) in [4.78, 5) is 28.6. The Hall–Kier alpha value is -4.05. The Balaban J connectivity index is 2.01. The number of rotatable bonds is 14. The SMILES string of the molecule is CCOc1ccc(S(=O)(=O)N(CC(=O)N(Cc2ccc(OC)cc2)[C@@H](C)C(=O)N[C@H](C)CC)c2ccc(C)cc2)cc1. The minimum absolute atomic E-state index is 0.0172. The molecule has 9 nitrogen and oxygen atoms in total. The average molecular weight is 596 g/mol. The highest BCUT2D eigenvalue weighted by molar-refractivity contribution is 7.92. The quantitative estimate of drug-likeness (QED) is 0.283. The number of carbonyl (C=O) groups is 2. The number of ether oxygens (including phenoxy) is 2. The van der Waals surface area contributed by atoms with Gasteiger partial charge in [0.15, 0.2) is 0 Å². The monoisotopic (exact) mass is 595 g/mol. The minimum Gasteiger partial charge on any atom is -0.497 e. The molecule has 0 unspecified atom stereocenters. The van der Waals surface area contributed by atoms with E-state index >= 15 is 0 Å². The highest BCUT2D eigenvalue weighted by Crippen LogP contribution is 2.26. The molecule has 3 rings (SSSR count). The maximum atomic E-state index is 14.0. The summed E-state index contributed by atoms with van der Waals surface area (Å²) in [7, 11) is -2.60. The molecule has 0 aliphatic rings. The van der Waals surface area contributed by atoms with Gasteiger partial charge in [0.1, 0.15) is 24.1 Å². The lowest BCUT2D eigenvalue weighted by Gasteiger charge is -2.32. The Labute approximate surface area is 249 Å². The van der Waals surface area contributed by atoms with Crippen LogP contribution in [0.15, 0.2) is 77.7 Å². The second-order valence-corrected chi connectivity index (χ2v) is 12.0. The second kappa shape index (κ2) is 14.7. The van der Waals surface area contributed by atoms with Gasteiger partial charge in [-0.15, -0.1) is 0 Å². The first-order valence-corrected chi connectivity index (χ1v) is 15.5. The zero-order valence-electron chi connectivity index (χ0n) is 25.2. The zero-order valence-corrected chi connectivity index (χ0v) is 26.0.